The van der Waals surface area contributed by atoms with Gasteiger partial charge in [0.1, 0.15) is 6.67 Å². The van der Waals surface area contributed by atoms with Crippen molar-refractivity contribution >= 4 is 21.7 Å². The fourth-order valence-corrected chi connectivity index (χ4v) is 3.25. The zero-order valence-corrected chi connectivity index (χ0v) is 12.2. The Morgan fingerprint density at radius 3 is 2.48 bits per heavy atom. The summed E-state index contributed by atoms with van der Waals surface area (Å²) in [6.45, 7) is 0.398. The van der Waals surface area contributed by atoms with Crippen LogP contribution in [0.1, 0.15) is 23.7 Å². The van der Waals surface area contributed by atoms with Gasteiger partial charge in [-0.1, -0.05) is 19.1 Å². The predicted molar refractivity (Wildman–Crippen MR) is 73.7 cm³/mol. The number of carbonyl (C=O) groups is 2. The molecule has 1 atom stereocenters. The number of hydrogen-bond acceptors (Lipinski definition) is 4. The number of carbonyl (C=O) groups excluding carboxylic acids is 1. The summed E-state index contributed by atoms with van der Waals surface area (Å²) in [7, 11) is -3.65. The van der Waals surface area contributed by atoms with E-state index in [0.717, 1.165) is 0 Å². The van der Waals surface area contributed by atoms with E-state index in [1.165, 1.54) is 24.3 Å². The first-order chi connectivity index (χ1) is 9.83. The Labute approximate surface area is 121 Å². The van der Waals surface area contributed by atoms with Crippen molar-refractivity contribution in [2.75, 3.05) is 12.4 Å². The number of halogens is 1. The second-order valence-electron chi connectivity index (χ2n) is 4.33. The van der Waals surface area contributed by atoms with E-state index in [2.05, 4.69) is 0 Å². The third-order valence-corrected chi connectivity index (χ3v) is 4.67. The number of amides is 1. The summed E-state index contributed by atoms with van der Waals surface area (Å²) in [5.41, 5.74) is -0.189. The fourth-order valence-electron chi connectivity index (χ4n) is 1.71. The van der Waals surface area contributed by atoms with Crippen molar-refractivity contribution in [3.05, 3.63) is 29.8 Å². The highest BCUT2D eigenvalue weighted by molar-refractivity contribution is 7.91. The van der Waals surface area contributed by atoms with Crippen molar-refractivity contribution in [1.82, 2.24) is 5.32 Å². The molecule has 1 aromatic carbocycles. The average molecular weight is 317 g/mol. The van der Waals surface area contributed by atoms with Gasteiger partial charge in [-0.15, -0.1) is 0 Å². The Balaban J connectivity index is 3.14. The van der Waals surface area contributed by atoms with Gasteiger partial charge in [0.15, 0.2) is 15.9 Å². The van der Waals surface area contributed by atoms with Gasteiger partial charge >= 0.3 is 5.97 Å². The quantitative estimate of drug-likeness (QED) is 0.782. The average Bonchev–Trinajstić information content (AvgIpc) is 2.44. The lowest BCUT2D eigenvalue weighted by Crippen LogP contribution is -2.42. The zero-order chi connectivity index (χ0) is 16.0. The molecule has 0 bridgehead atoms. The molecule has 1 unspecified atom stereocenters. The van der Waals surface area contributed by atoms with E-state index in [4.69, 9.17) is 5.11 Å². The van der Waals surface area contributed by atoms with Crippen LogP contribution in [-0.4, -0.2) is 43.9 Å². The first-order valence-corrected chi connectivity index (χ1v) is 7.90. The Bertz CT molecular complexity index is 629. The van der Waals surface area contributed by atoms with Gasteiger partial charge in [-0.3, -0.25) is 4.79 Å². The molecule has 0 aromatic heterocycles. The Kier molecular flexibility index (Phi) is 5.83. The third-order valence-electron chi connectivity index (χ3n) is 2.70. The monoisotopic (exact) mass is 317 g/mol. The summed E-state index contributed by atoms with van der Waals surface area (Å²) in [5, 5.41) is 10.7. The summed E-state index contributed by atoms with van der Waals surface area (Å²) in [4.78, 5) is 22.5. The summed E-state index contributed by atoms with van der Waals surface area (Å²) < 4.78 is 36.7. The number of alkyl halides is 1. The van der Waals surface area contributed by atoms with Crippen molar-refractivity contribution < 1.29 is 27.5 Å². The standard InChI is InChI=1S/C13H16FNO5S/c1-2-7-21(19,20)11-6-4-3-5-9(11)12(16)15-10(8-14)13(17)18/h3-6,10H,2,7-8H2,1H3,(H,15,16)(H,17,18). The van der Waals surface area contributed by atoms with E-state index in [1.54, 1.807) is 6.92 Å². The molecule has 2 N–H and O–H groups in total. The van der Waals surface area contributed by atoms with E-state index in [-0.39, 0.29) is 16.2 Å². The van der Waals surface area contributed by atoms with Gasteiger partial charge in [0.2, 0.25) is 0 Å². The number of hydrogen-bond donors (Lipinski definition) is 2. The highest BCUT2D eigenvalue weighted by atomic mass is 32.2. The van der Waals surface area contributed by atoms with Crippen LogP contribution in [0.2, 0.25) is 0 Å². The molecule has 0 heterocycles. The summed E-state index contributed by atoms with van der Waals surface area (Å²) >= 11 is 0. The Hall–Kier alpha value is -1.96. The maximum atomic E-state index is 12.5. The maximum Gasteiger partial charge on any atom is 0.328 e. The Morgan fingerprint density at radius 2 is 1.95 bits per heavy atom. The lowest BCUT2D eigenvalue weighted by Gasteiger charge is -2.13. The number of benzene rings is 1. The number of rotatable bonds is 7. The fraction of sp³-hybridized carbons (Fsp3) is 0.385. The first-order valence-electron chi connectivity index (χ1n) is 6.25. The lowest BCUT2D eigenvalue weighted by molar-refractivity contribution is -0.139. The van der Waals surface area contributed by atoms with Gasteiger partial charge in [-0.25, -0.2) is 17.6 Å². The highest BCUT2D eigenvalue weighted by Gasteiger charge is 2.25. The molecule has 1 aromatic rings. The molecule has 1 amide bonds. The molecule has 0 aliphatic rings. The highest BCUT2D eigenvalue weighted by Crippen LogP contribution is 2.18. The van der Waals surface area contributed by atoms with Crippen LogP contribution in [0.25, 0.3) is 0 Å². The normalized spacial score (nSPS) is 12.7. The van der Waals surface area contributed by atoms with Crippen molar-refractivity contribution in [2.45, 2.75) is 24.3 Å². The molecular formula is C13H16FNO5S. The molecule has 116 valence electrons. The molecule has 6 nitrogen and oxygen atoms in total. The molecule has 0 saturated heterocycles. The van der Waals surface area contributed by atoms with Gasteiger partial charge in [-0.2, -0.15) is 0 Å². The number of sulfone groups is 1. The predicted octanol–water partition coefficient (Wildman–Crippen LogP) is 1.02. The molecule has 0 spiro atoms. The topological polar surface area (TPSA) is 101 Å². The molecule has 8 heteroatoms. The summed E-state index contributed by atoms with van der Waals surface area (Å²) in [6.07, 6.45) is 0.376. The smallest absolute Gasteiger partial charge is 0.328 e. The van der Waals surface area contributed by atoms with Gasteiger partial charge in [-0.05, 0) is 18.6 Å². The molecule has 1 rings (SSSR count). The molecule has 0 saturated carbocycles. The van der Waals surface area contributed by atoms with Gasteiger partial charge in [0, 0.05) is 0 Å². The van der Waals surface area contributed by atoms with Crippen molar-refractivity contribution in [1.29, 1.82) is 0 Å². The van der Waals surface area contributed by atoms with Crippen LogP contribution in [0.5, 0.6) is 0 Å². The number of nitrogens with one attached hydrogen (secondary N) is 1. The minimum absolute atomic E-state index is 0.136. The van der Waals surface area contributed by atoms with E-state index < -0.39 is 34.4 Å². The van der Waals surface area contributed by atoms with Crippen molar-refractivity contribution in [2.24, 2.45) is 0 Å². The molecular weight excluding hydrogens is 301 g/mol. The van der Waals surface area contributed by atoms with Crippen molar-refractivity contribution in [3.63, 3.8) is 0 Å². The third kappa shape index (κ3) is 4.25. The van der Waals surface area contributed by atoms with Gasteiger partial charge in [0.05, 0.1) is 16.2 Å². The molecule has 21 heavy (non-hydrogen) atoms. The maximum absolute atomic E-state index is 12.5. The van der Waals surface area contributed by atoms with E-state index in [9.17, 15) is 22.4 Å². The van der Waals surface area contributed by atoms with Crippen molar-refractivity contribution in [3.8, 4) is 0 Å². The second kappa shape index (κ2) is 7.16. The van der Waals surface area contributed by atoms with Crippen LogP contribution in [-0.2, 0) is 14.6 Å². The minimum Gasteiger partial charge on any atom is -0.480 e. The second-order valence-corrected chi connectivity index (χ2v) is 6.41. The number of aliphatic carboxylic acids is 1. The largest absolute Gasteiger partial charge is 0.480 e. The first kappa shape index (κ1) is 17.1. The van der Waals surface area contributed by atoms with Crippen LogP contribution in [0.3, 0.4) is 0 Å². The molecule has 0 radical (unpaired) electrons. The molecule has 0 aliphatic heterocycles. The lowest BCUT2D eigenvalue weighted by atomic mass is 10.2. The molecule has 0 aliphatic carbocycles. The minimum atomic E-state index is -3.65. The van der Waals surface area contributed by atoms with Crippen LogP contribution in [0.15, 0.2) is 29.2 Å². The van der Waals surface area contributed by atoms with E-state index in [0.29, 0.717) is 6.42 Å². The van der Waals surface area contributed by atoms with E-state index >= 15 is 0 Å². The number of carboxylic acid groups (broad SMARTS) is 1. The summed E-state index contributed by atoms with van der Waals surface area (Å²) in [5.74, 6) is -2.60. The van der Waals surface area contributed by atoms with Crippen LogP contribution in [0.4, 0.5) is 4.39 Å². The number of carboxylic acids is 1. The zero-order valence-electron chi connectivity index (χ0n) is 11.4. The van der Waals surface area contributed by atoms with E-state index in [1.807, 2.05) is 5.32 Å². The Morgan fingerprint density at radius 1 is 1.33 bits per heavy atom. The van der Waals surface area contributed by atoms with Gasteiger partial charge < -0.3 is 10.4 Å². The van der Waals surface area contributed by atoms with Crippen LogP contribution in [0, 0.1) is 0 Å². The molecule has 0 fully saturated rings. The summed E-state index contributed by atoms with van der Waals surface area (Å²) in [6, 6.07) is 3.73. The van der Waals surface area contributed by atoms with Gasteiger partial charge in [0.25, 0.3) is 5.91 Å². The van der Waals surface area contributed by atoms with Crippen LogP contribution < -0.4 is 5.32 Å². The van der Waals surface area contributed by atoms with Crippen LogP contribution >= 0.6 is 0 Å². The SMILES string of the molecule is CCCS(=O)(=O)c1ccccc1C(=O)NC(CF)C(=O)O.